The lowest BCUT2D eigenvalue weighted by Gasteiger charge is -2.29. The number of thiazole rings is 2. The largest absolute Gasteiger partial charge is 0.476 e. The lowest BCUT2D eigenvalue weighted by Crippen LogP contribution is -2.32. The summed E-state index contributed by atoms with van der Waals surface area (Å²) in [5.41, 5.74) is 3.65. The van der Waals surface area contributed by atoms with Crippen LogP contribution in [0.1, 0.15) is 49.7 Å². The van der Waals surface area contributed by atoms with Gasteiger partial charge in [-0.15, -0.1) is 11.3 Å². The number of aryl methyl sites for hydroxylation is 2. The quantitative estimate of drug-likeness (QED) is 0.230. The number of unbranched alkanes of at least 4 members (excludes halogenated alkanes) is 1. The standard InChI is InChI=1S/C28H26N6O3S2/c35-25(32-27-30-21-8-1-2-9-22(21)38-27)19-7-5-6-18-11-14-34(16-20(18)19)28-31-24(26(36)37)23(39-28)10-3-4-13-33-15-12-29-17-33/h1-2,5-9,12,15,17H,3-4,10-11,13-14,16H2,(H,36,37)(H,30,32,35). The van der Waals surface area contributed by atoms with Gasteiger partial charge < -0.3 is 14.6 Å². The molecule has 198 valence electrons. The molecule has 0 aliphatic carbocycles. The van der Waals surface area contributed by atoms with Gasteiger partial charge in [-0.1, -0.05) is 35.6 Å². The summed E-state index contributed by atoms with van der Waals surface area (Å²) >= 11 is 2.89. The van der Waals surface area contributed by atoms with Gasteiger partial charge in [0.2, 0.25) is 0 Å². The second-order valence-electron chi connectivity index (χ2n) is 9.39. The molecule has 3 aromatic heterocycles. The van der Waals surface area contributed by atoms with Gasteiger partial charge in [0.05, 0.1) is 16.5 Å². The molecule has 39 heavy (non-hydrogen) atoms. The first-order chi connectivity index (χ1) is 19.0. The van der Waals surface area contributed by atoms with E-state index >= 15 is 0 Å². The van der Waals surface area contributed by atoms with E-state index in [0.29, 0.717) is 35.3 Å². The molecule has 0 spiro atoms. The Kier molecular flexibility index (Phi) is 7.08. The van der Waals surface area contributed by atoms with Crippen molar-refractivity contribution in [3.8, 4) is 0 Å². The molecule has 11 heteroatoms. The van der Waals surface area contributed by atoms with Gasteiger partial charge in [-0.3, -0.25) is 10.1 Å². The third-order valence-corrected chi connectivity index (χ3v) is 8.95. The van der Waals surface area contributed by atoms with E-state index in [2.05, 4.69) is 31.2 Å². The first kappa shape index (κ1) is 25.2. The Labute approximate surface area is 232 Å². The number of aromatic carboxylic acids is 1. The molecular formula is C28H26N6O3S2. The Morgan fingerprint density at radius 1 is 1.05 bits per heavy atom. The first-order valence-electron chi connectivity index (χ1n) is 12.8. The van der Waals surface area contributed by atoms with Crippen LogP contribution >= 0.6 is 22.7 Å². The smallest absolute Gasteiger partial charge is 0.355 e. The van der Waals surface area contributed by atoms with Crippen molar-refractivity contribution in [2.75, 3.05) is 16.8 Å². The Hall–Kier alpha value is -4.09. The average Bonchev–Trinajstić information content (AvgIpc) is 3.70. The zero-order valence-corrected chi connectivity index (χ0v) is 22.7. The average molecular weight is 559 g/mol. The van der Waals surface area contributed by atoms with Crippen LogP contribution in [0.2, 0.25) is 0 Å². The molecule has 0 saturated heterocycles. The number of carboxylic acids is 1. The third kappa shape index (κ3) is 5.41. The summed E-state index contributed by atoms with van der Waals surface area (Å²) in [5, 5.41) is 14.0. The van der Waals surface area contributed by atoms with Crippen LogP contribution in [0, 0.1) is 0 Å². The number of nitrogens with zero attached hydrogens (tertiary/aromatic N) is 5. The molecule has 4 heterocycles. The molecule has 2 N–H and O–H groups in total. The fourth-order valence-electron chi connectivity index (χ4n) is 4.86. The summed E-state index contributed by atoms with van der Waals surface area (Å²) in [6.45, 7) is 2.05. The van der Waals surface area contributed by atoms with E-state index in [1.54, 1.807) is 12.5 Å². The van der Waals surface area contributed by atoms with Gasteiger partial charge in [-0.2, -0.15) is 0 Å². The number of hydrogen-bond acceptors (Lipinski definition) is 8. The number of para-hydroxylation sites is 1. The van der Waals surface area contributed by atoms with Crippen molar-refractivity contribution in [2.24, 2.45) is 0 Å². The predicted molar refractivity (Wildman–Crippen MR) is 153 cm³/mol. The Bertz CT molecular complexity index is 1610. The van der Waals surface area contributed by atoms with Gasteiger partial charge in [-0.05, 0) is 55.0 Å². The van der Waals surface area contributed by atoms with Crippen molar-refractivity contribution >= 4 is 55.0 Å². The molecule has 0 saturated carbocycles. The van der Waals surface area contributed by atoms with Crippen LogP contribution in [0.25, 0.3) is 10.2 Å². The molecule has 6 rings (SSSR count). The van der Waals surface area contributed by atoms with Crippen molar-refractivity contribution in [1.82, 2.24) is 19.5 Å². The molecule has 5 aromatic rings. The van der Waals surface area contributed by atoms with Crippen LogP contribution in [0.5, 0.6) is 0 Å². The number of amides is 1. The summed E-state index contributed by atoms with van der Waals surface area (Å²) < 4.78 is 3.04. The van der Waals surface area contributed by atoms with Crippen molar-refractivity contribution in [3.63, 3.8) is 0 Å². The number of rotatable bonds is 9. The number of carbonyl (C=O) groups is 2. The number of fused-ring (bicyclic) bond motifs is 2. The number of carbonyl (C=O) groups excluding carboxylic acids is 1. The monoisotopic (exact) mass is 558 g/mol. The number of aromatic nitrogens is 4. The van der Waals surface area contributed by atoms with E-state index in [0.717, 1.165) is 52.0 Å². The zero-order chi connectivity index (χ0) is 26.8. The molecule has 9 nitrogen and oxygen atoms in total. The van der Waals surface area contributed by atoms with Gasteiger partial charge >= 0.3 is 5.97 Å². The SMILES string of the molecule is O=C(Nc1nc2ccccc2s1)c1cccc2c1CN(c1nc(C(=O)O)c(CCCCn3ccnc3)s1)CC2. The van der Waals surface area contributed by atoms with Crippen molar-refractivity contribution in [3.05, 3.63) is 88.4 Å². The Morgan fingerprint density at radius 2 is 1.95 bits per heavy atom. The van der Waals surface area contributed by atoms with E-state index < -0.39 is 5.97 Å². The van der Waals surface area contributed by atoms with E-state index in [-0.39, 0.29) is 11.6 Å². The van der Waals surface area contributed by atoms with Gasteiger partial charge in [-0.25, -0.2) is 19.7 Å². The van der Waals surface area contributed by atoms with Gasteiger partial charge in [0.1, 0.15) is 0 Å². The molecule has 1 amide bonds. The third-order valence-electron chi connectivity index (χ3n) is 6.82. The van der Waals surface area contributed by atoms with Crippen LogP contribution < -0.4 is 10.2 Å². The highest BCUT2D eigenvalue weighted by molar-refractivity contribution is 7.22. The van der Waals surface area contributed by atoms with Crippen molar-refractivity contribution in [1.29, 1.82) is 0 Å². The molecule has 0 unspecified atom stereocenters. The fraction of sp³-hybridized carbons (Fsp3) is 0.250. The molecule has 0 bridgehead atoms. The molecule has 1 aliphatic heterocycles. The van der Waals surface area contributed by atoms with Crippen LogP contribution in [0.4, 0.5) is 10.3 Å². The summed E-state index contributed by atoms with van der Waals surface area (Å²) in [7, 11) is 0. The minimum Gasteiger partial charge on any atom is -0.476 e. The van der Waals surface area contributed by atoms with Crippen LogP contribution in [0.3, 0.4) is 0 Å². The van der Waals surface area contributed by atoms with E-state index in [1.165, 1.54) is 22.7 Å². The van der Waals surface area contributed by atoms with Gasteiger partial charge in [0.25, 0.3) is 5.91 Å². The van der Waals surface area contributed by atoms with Crippen LogP contribution in [-0.2, 0) is 25.9 Å². The molecular weight excluding hydrogens is 532 g/mol. The molecule has 0 radical (unpaired) electrons. The van der Waals surface area contributed by atoms with Crippen molar-refractivity contribution in [2.45, 2.75) is 38.8 Å². The Balaban J connectivity index is 1.18. The highest BCUT2D eigenvalue weighted by atomic mass is 32.1. The van der Waals surface area contributed by atoms with E-state index in [4.69, 9.17) is 0 Å². The lowest BCUT2D eigenvalue weighted by atomic mass is 9.94. The molecule has 2 aromatic carbocycles. The van der Waals surface area contributed by atoms with E-state index in [9.17, 15) is 14.7 Å². The lowest BCUT2D eigenvalue weighted by molar-refractivity contribution is 0.0690. The van der Waals surface area contributed by atoms with Crippen molar-refractivity contribution < 1.29 is 14.7 Å². The zero-order valence-electron chi connectivity index (χ0n) is 21.0. The van der Waals surface area contributed by atoms with Crippen LogP contribution in [0.15, 0.2) is 61.2 Å². The first-order valence-corrected chi connectivity index (χ1v) is 14.4. The second-order valence-corrected chi connectivity index (χ2v) is 11.5. The Morgan fingerprint density at radius 3 is 2.77 bits per heavy atom. The summed E-state index contributed by atoms with van der Waals surface area (Å²) in [4.78, 5) is 41.3. The molecule has 0 atom stereocenters. The molecule has 0 fully saturated rings. The maximum atomic E-state index is 13.3. The minimum absolute atomic E-state index is 0.130. The minimum atomic E-state index is -1.00. The summed E-state index contributed by atoms with van der Waals surface area (Å²) in [6.07, 6.45) is 8.66. The van der Waals surface area contributed by atoms with Gasteiger partial charge in [0, 0.05) is 42.5 Å². The maximum absolute atomic E-state index is 13.3. The number of benzene rings is 2. The molecule has 1 aliphatic rings. The number of imidazole rings is 1. The second kappa shape index (κ2) is 11.0. The number of anilines is 2. The normalized spacial score (nSPS) is 13.0. The number of carboxylic acid groups (broad SMARTS) is 1. The van der Waals surface area contributed by atoms with Gasteiger partial charge in [0.15, 0.2) is 16.0 Å². The topological polar surface area (TPSA) is 113 Å². The number of hydrogen-bond donors (Lipinski definition) is 2. The summed E-state index contributed by atoms with van der Waals surface area (Å²) in [5.74, 6) is -1.20. The predicted octanol–water partition coefficient (Wildman–Crippen LogP) is 5.49. The van der Waals surface area contributed by atoms with Crippen LogP contribution in [-0.4, -0.2) is 43.0 Å². The number of nitrogens with one attached hydrogen (secondary N) is 1. The summed E-state index contributed by atoms with van der Waals surface area (Å²) in [6, 6.07) is 13.6. The maximum Gasteiger partial charge on any atom is 0.355 e. The highest BCUT2D eigenvalue weighted by Gasteiger charge is 2.26. The fourth-order valence-corrected chi connectivity index (χ4v) is 6.84. The van der Waals surface area contributed by atoms with E-state index in [1.807, 2.05) is 47.2 Å². The highest BCUT2D eigenvalue weighted by Crippen LogP contribution is 2.33.